The zero-order valence-electron chi connectivity index (χ0n) is 16.6. The van der Waals surface area contributed by atoms with Crippen LogP contribution in [0.15, 0.2) is 42.5 Å². The molecule has 3 aromatic rings. The van der Waals surface area contributed by atoms with Crippen LogP contribution in [0.3, 0.4) is 0 Å². The van der Waals surface area contributed by atoms with Crippen molar-refractivity contribution in [2.24, 2.45) is 0 Å². The highest BCUT2D eigenvalue weighted by molar-refractivity contribution is 6.03. The van der Waals surface area contributed by atoms with Gasteiger partial charge in [-0.1, -0.05) is 24.3 Å². The van der Waals surface area contributed by atoms with E-state index in [-0.39, 0.29) is 23.4 Å². The summed E-state index contributed by atoms with van der Waals surface area (Å²) < 4.78 is 9.39. The van der Waals surface area contributed by atoms with Crippen LogP contribution >= 0.6 is 0 Å². The summed E-state index contributed by atoms with van der Waals surface area (Å²) in [5, 5.41) is 14.7. The monoisotopic (exact) mass is 409 g/mol. The topological polar surface area (TPSA) is 125 Å². The van der Waals surface area contributed by atoms with E-state index in [9.17, 15) is 14.4 Å². The summed E-state index contributed by atoms with van der Waals surface area (Å²) in [6.07, 6.45) is 0. The average Bonchev–Trinajstić information content (AvgIpc) is 3.20. The van der Waals surface area contributed by atoms with E-state index in [1.807, 2.05) is 31.2 Å². The minimum absolute atomic E-state index is 0.0886. The van der Waals surface area contributed by atoms with Crippen molar-refractivity contribution in [3.63, 3.8) is 0 Å². The summed E-state index contributed by atoms with van der Waals surface area (Å²) in [5.74, 6) is -1.40. The van der Waals surface area contributed by atoms with Gasteiger partial charge in [0.25, 0.3) is 0 Å². The maximum atomic E-state index is 12.5. The zero-order chi connectivity index (χ0) is 21.7. The van der Waals surface area contributed by atoms with Crippen LogP contribution in [0.1, 0.15) is 26.3 Å². The van der Waals surface area contributed by atoms with Crippen molar-refractivity contribution in [1.82, 2.24) is 20.2 Å². The van der Waals surface area contributed by atoms with Crippen molar-refractivity contribution in [2.45, 2.75) is 13.5 Å². The SMILES string of the molecule is COC(=O)c1ccc(C(=O)OC)c(NC(=O)Cn2nnc(-c3ccccc3C)n2)c1. The molecule has 0 saturated carbocycles. The zero-order valence-corrected chi connectivity index (χ0v) is 16.6. The van der Waals surface area contributed by atoms with Crippen molar-refractivity contribution in [2.75, 3.05) is 19.5 Å². The van der Waals surface area contributed by atoms with Crippen molar-refractivity contribution < 1.29 is 23.9 Å². The fourth-order valence-corrected chi connectivity index (χ4v) is 2.74. The molecule has 10 nitrogen and oxygen atoms in total. The molecule has 0 fully saturated rings. The van der Waals surface area contributed by atoms with Gasteiger partial charge in [-0.3, -0.25) is 4.79 Å². The van der Waals surface area contributed by atoms with Gasteiger partial charge in [-0.25, -0.2) is 9.59 Å². The van der Waals surface area contributed by atoms with Gasteiger partial charge in [0.15, 0.2) is 0 Å². The smallest absolute Gasteiger partial charge is 0.339 e. The second kappa shape index (κ2) is 8.95. The Balaban J connectivity index is 1.80. The summed E-state index contributed by atoms with van der Waals surface area (Å²) in [6.45, 7) is 1.67. The highest BCUT2D eigenvalue weighted by atomic mass is 16.5. The van der Waals surface area contributed by atoms with Crippen LogP contribution < -0.4 is 5.32 Å². The number of ether oxygens (including phenoxy) is 2. The molecule has 0 atom stereocenters. The Labute approximate surface area is 171 Å². The Morgan fingerprint density at radius 2 is 1.77 bits per heavy atom. The van der Waals surface area contributed by atoms with Gasteiger partial charge in [0.1, 0.15) is 6.54 Å². The Morgan fingerprint density at radius 3 is 2.47 bits per heavy atom. The minimum Gasteiger partial charge on any atom is -0.465 e. The van der Waals surface area contributed by atoms with Gasteiger partial charge in [0.05, 0.1) is 31.0 Å². The first-order chi connectivity index (χ1) is 14.4. The number of aromatic nitrogens is 4. The van der Waals surface area contributed by atoms with E-state index in [4.69, 9.17) is 4.74 Å². The first-order valence-electron chi connectivity index (χ1n) is 8.87. The average molecular weight is 409 g/mol. The van der Waals surface area contributed by atoms with Crippen LogP contribution in [-0.2, 0) is 20.8 Å². The number of benzene rings is 2. The number of rotatable bonds is 6. The van der Waals surface area contributed by atoms with Crippen LogP contribution in [0, 0.1) is 6.92 Å². The fraction of sp³-hybridized carbons (Fsp3) is 0.200. The molecule has 0 saturated heterocycles. The van der Waals surface area contributed by atoms with Gasteiger partial charge in [0, 0.05) is 5.56 Å². The largest absolute Gasteiger partial charge is 0.465 e. The van der Waals surface area contributed by atoms with Crippen molar-refractivity contribution in [1.29, 1.82) is 0 Å². The lowest BCUT2D eigenvalue weighted by Crippen LogP contribution is -2.22. The summed E-state index contributed by atoms with van der Waals surface area (Å²) in [5.41, 5.74) is 2.15. The third-order valence-electron chi connectivity index (χ3n) is 4.24. The number of carbonyl (C=O) groups is 3. The maximum Gasteiger partial charge on any atom is 0.339 e. The van der Waals surface area contributed by atoms with E-state index in [2.05, 4.69) is 25.5 Å². The summed E-state index contributed by atoms with van der Waals surface area (Å²) >= 11 is 0. The second-order valence-corrected chi connectivity index (χ2v) is 6.25. The van der Waals surface area contributed by atoms with Crippen molar-refractivity contribution in [3.8, 4) is 11.4 Å². The van der Waals surface area contributed by atoms with Gasteiger partial charge in [0.2, 0.25) is 11.7 Å². The molecule has 1 amide bonds. The van der Waals surface area contributed by atoms with Crippen LogP contribution in [-0.4, -0.2) is 52.3 Å². The summed E-state index contributed by atoms with van der Waals surface area (Å²) in [6, 6.07) is 11.7. The first kappa shape index (κ1) is 20.6. The number of esters is 2. The Kier molecular flexibility index (Phi) is 6.16. The number of tetrazole rings is 1. The number of aryl methyl sites for hydroxylation is 1. The Morgan fingerprint density at radius 1 is 1.03 bits per heavy atom. The summed E-state index contributed by atoms with van der Waals surface area (Å²) in [7, 11) is 2.45. The second-order valence-electron chi connectivity index (χ2n) is 6.25. The van der Waals surface area contributed by atoms with Crippen LogP contribution in [0.2, 0.25) is 0 Å². The first-order valence-corrected chi connectivity index (χ1v) is 8.87. The predicted octanol–water partition coefficient (Wildman–Crippen LogP) is 1.86. The standard InChI is InChI=1S/C20H19N5O5/c1-12-6-4-5-7-14(12)18-22-24-25(23-18)11-17(26)21-16-10-13(19(27)29-2)8-9-15(16)20(28)30-3/h4-10H,11H2,1-3H3,(H,21,26). The number of amides is 1. The molecule has 1 aromatic heterocycles. The van der Waals surface area contributed by atoms with Gasteiger partial charge < -0.3 is 14.8 Å². The molecule has 0 spiro atoms. The number of anilines is 1. The number of methoxy groups -OCH3 is 2. The predicted molar refractivity (Wildman–Crippen MR) is 106 cm³/mol. The molecule has 0 aliphatic heterocycles. The van der Waals surface area contributed by atoms with Gasteiger partial charge >= 0.3 is 11.9 Å². The molecular formula is C20H19N5O5. The maximum absolute atomic E-state index is 12.5. The van der Waals surface area contributed by atoms with E-state index >= 15 is 0 Å². The van der Waals surface area contributed by atoms with E-state index in [0.717, 1.165) is 15.9 Å². The van der Waals surface area contributed by atoms with Crippen molar-refractivity contribution >= 4 is 23.5 Å². The molecule has 10 heteroatoms. The van der Waals surface area contributed by atoms with E-state index < -0.39 is 17.8 Å². The van der Waals surface area contributed by atoms with Gasteiger partial charge in [-0.2, -0.15) is 4.80 Å². The molecule has 154 valence electrons. The molecule has 0 aliphatic rings. The molecule has 3 rings (SSSR count). The Bertz CT molecular complexity index is 1110. The molecule has 0 radical (unpaired) electrons. The lowest BCUT2D eigenvalue weighted by Gasteiger charge is -2.11. The van der Waals surface area contributed by atoms with Crippen LogP contribution in [0.25, 0.3) is 11.4 Å². The molecule has 1 heterocycles. The van der Waals surface area contributed by atoms with Gasteiger partial charge in [-0.05, 0) is 35.9 Å². The number of nitrogens with zero attached hydrogens (tertiary/aromatic N) is 4. The normalized spacial score (nSPS) is 10.4. The van der Waals surface area contributed by atoms with Crippen LogP contribution in [0.5, 0.6) is 0 Å². The molecule has 1 N–H and O–H groups in total. The number of nitrogens with one attached hydrogen (secondary N) is 1. The number of carbonyl (C=O) groups excluding carboxylic acids is 3. The van der Waals surface area contributed by atoms with E-state index in [1.54, 1.807) is 0 Å². The summed E-state index contributed by atoms with van der Waals surface area (Å²) in [4.78, 5) is 37.4. The molecule has 0 aliphatic carbocycles. The third kappa shape index (κ3) is 4.49. The number of hydrogen-bond donors (Lipinski definition) is 1. The molecule has 2 aromatic carbocycles. The van der Waals surface area contributed by atoms with E-state index in [1.165, 1.54) is 32.4 Å². The van der Waals surface area contributed by atoms with Crippen LogP contribution in [0.4, 0.5) is 5.69 Å². The molecule has 0 bridgehead atoms. The highest BCUT2D eigenvalue weighted by Gasteiger charge is 2.18. The van der Waals surface area contributed by atoms with Gasteiger partial charge in [-0.15, -0.1) is 10.2 Å². The highest BCUT2D eigenvalue weighted by Crippen LogP contribution is 2.20. The fourth-order valence-electron chi connectivity index (χ4n) is 2.74. The molecule has 30 heavy (non-hydrogen) atoms. The molecular weight excluding hydrogens is 390 g/mol. The van der Waals surface area contributed by atoms with Crippen molar-refractivity contribution in [3.05, 3.63) is 59.2 Å². The Hall–Kier alpha value is -4.08. The van der Waals surface area contributed by atoms with E-state index in [0.29, 0.717) is 5.82 Å². The lowest BCUT2D eigenvalue weighted by atomic mass is 10.1. The minimum atomic E-state index is -0.664. The molecule has 0 unspecified atom stereocenters. The number of hydrogen-bond acceptors (Lipinski definition) is 8. The quantitative estimate of drug-likeness (QED) is 0.612. The lowest BCUT2D eigenvalue weighted by molar-refractivity contribution is -0.117. The third-order valence-corrected chi connectivity index (χ3v) is 4.24.